The van der Waals surface area contributed by atoms with Gasteiger partial charge in [0.15, 0.2) is 16.6 Å². The van der Waals surface area contributed by atoms with Crippen LogP contribution in [0.2, 0.25) is 0 Å². The second-order valence-electron chi connectivity index (χ2n) is 14.7. The average molecular weight is 970 g/mol. The third kappa shape index (κ3) is 26.3. The van der Waals surface area contributed by atoms with Crippen molar-refractivity contribution in [2.75, 3.05) is 53.4 Å². The number of rotatable bonds is 24. The number of esters is 2. The number of hydrogen-bond acceptors (Lipinski definition) is 12. The molecule has 0 atom stereocenters. The van der Waals surface area contributed by atoms with Gasteiger partial charge in [-0.15, -0.1) is 0 Å². The Morgan fingerprint density at radius 1 is 0.689 bits per heavy atom. The standard InChI is InChI=1S/C16H26O3.C11H16F6O2.C9H15F3NO7S2.K/c1-5-16(2,3)14-6-8-15(9-7-14)19-13-12-18-11-10-17-4;1-4-9(2,3)8(18)19-6-10(14,15)5-11(16,17)7(12)13;1-4-8(2,3)7(14)19-5-6-20-22(17,18)13-21(15,16)9(10,11)12;/h6-9H,5,10-13H2,1-4H3;7H,4-6H2,1-3H3;4-6H2,1-3H3;/q;;-1;+1. The molecule has 0 unspecified atom stereocenters. The van der Waals surface area contributed by atoms with E-state index in [2.05, 4.69) is 46.6 Å². The van der Waals surface area contributed by atoms with Crippen LogP contribution in [0.1, 0.15) is 93.6 Å². The number of halogens is 9. The average Bonchev–Trinajstić information content (AvgIpc) is 3.13. The van der Waals surface area contributed by atoms with E-state index in [1.54, 1.807) is 38.9 Å². The zero-order valence-electron chi connectivity index (χ0n) is 36.2. The van der Waals surface area contributed by atoms with Crippen LogP contribution in [-0.4, -0.2) is 106 Å². The van der Waals surface area contributed by atoms with Crippen molar-refractivity contribution in [3.63, 3.8) is 0 Å². The molecule has 61 heavy (non-hydrogen) atoms. The van der Waals surface area contributed by atoms with Crippen molar-refractivity contribution in [2.24, 2.45) is 10.8 Å². The maximum Gasteiger partial charge on any atom is 1.00 e. The van der Waals surface area contributed by atoms with Gasteiger partial charge in [0, 0.05) is 7.11 Å². The zero-order valence-corrected chi connectivity index (χ0v) is 41.0. The minimum Gasteiger partial charge on any atom is -0.491 e. The van der Waals surface area contributed by atoms with Crippen molar-refractivity contribution in [1.29, 1.82) is 0 Å². The third-order valence-corrected chi connectivity index (χ3v) is 11.1. The number of carbonyl (C=O) groups excluding carboxylic acids is 2. The van der Waals surface area contributed by atoms with E-state index >= 15 is 0 Å². The number of methoxy groups -OCH3 is 1. The Balaban J connectivity index is -0.000000823. The van der Waals surface area contributed by atoms with Crippen molar-refractivity contribution in [3.05, 3.63) is 34.0 Å². The van der Waals surface area contributed by atoms with Gasteiger partial charge >= 0.3 is 81.2 Å². The van der Waals surface area contributed by atoms with Crippen LogP contribution in [-0.2, 0) is 58.5 Å². The summed E-state index contributed by atoms with van der Waals surface area (Å²) in [6.07, 6.45) is -4.70. The molecule has 0 saturated carbocycles. The summed E-state index contributed by atoms with van der Waals surface area (Å²) in [6.45, 7) is 15.3. The molecule has 0 bridgehead atoms. The Hall–Kier alpha value is -1.29. The molecule has 13 nitrogen and oxygen atoms in total. The van der Waals surface area contributed by atoms with Gasteiger partial charge in [0.05, 0.1) is 43.7 Å². The van der Waals surface area contributed by atoms with Gasteiger partial charge in [-0.1, -0.05) is 46.8 Å². The Kier molecular flexibility index (Phi) is 29.3. The topological polar surface area (TPSA) is 172 Å². The summed E-state index contributed by atoms with van der Waals surface area (Å²) in [5.41, 5.74) is -6.16. The molecule has 0 aliphatic carbocycles. The molecule has 1 aromatic rings. The van der Waals surface area contributed by atoms with E-state index < -0.39 is 93.1 Å². The Morgan fingerprint density at radius 2 is 1.16 bits per heavy atom. The number of hydrogen-bond donors (Lipinski definition) is 0. The largest absolute Gasteiger partial charge is 1.00 e. The molecule has 0 aromatic heterocycles. The number of sulfonamides is 1. The van der Waals surface area contributed by atoms with Crippen LogP contribution in [0.4, 0.5) is 39.5 Å². The summed E-state index contributed by atoms with van der Waals surface area (Å²) in [5.74, 6) is -9.80. The fourth-order valence-corrected chi connectivity index (χ4v) is 5.20. The van der Waals surface area contributed by atoms with Crippen LogP contribution in [0.15, 0.2) is 24.3 Å². The molecule has 0 aliphatic rings. The van der Waals surface area contributed by atoms with E-state index in [1.165, 1.54) is 19.4 Å². The molecule has 0 spiro atoms. The molecule has 354 valence electrons. The third-order valence-electron chi connectivity index (χ3n) is 8.58. The van der Waals surface area contributed by atoms with Crippen LogP contribution in [0.3, 0.4) is 0 Å². The first kappa shape index (κ1) is 64.0. The summed E-state index contributed by atoms with van der Waals surface area (Å²) in [7, 11) is -9.90. The van der Waals surface area contributed by atoms with E-state index in [-0.39, 0.29) is 56.8 Å². The van der Waals surface area contributed by atoms with E-state index in [0.717, 1.165) is 12.2 Å². The van der Waals surface area contributed by atoms with Gasteiger partial charge in [-0.2, -0.15) is 13.2 Å². The van der Waals surface area contributed by atoms with Crippen LogP contribution in [0.5, 0.6) is 5.75 Å². The normalized spacial score (nSPS) is 12.9. The second-order valence-corrected chi connectivity index (χ2v) is 17.8. The van der Waals surface area contributed by atoms with Gasteiger partial charge in [-0.3, -0.25) is 13.8 Å². The van der Waals surface area contributed by atoms with E-state index in [9.17, 15) is 65.9 Å². The van der Waals surface area contributed by atoms with E-state index in [4.69, 9.17) is 14.2 Å². The molecule has 0 fully saturated rings. The van der Waals surface area contributed by atoms with Gasteiger partial charge in [-0.25, -0.2) is 43.2 Å². The monoisotopic (exact) mass is 969 g/mol. The van der Waals surface area contributed by atoms with E-state index in [0.29, 0.717) is 39.3 Å². The van der Waals surface area contributed by atoms with Crippen molar-refractivity contribution >= 4 is 32.3 Å². The maximum atomic E-state index is 13.0. The fourth-order valence-electron chi connectivity index (χ4n) is 3.45. The van der Waals surface area contributed by atoms with Crippen molar-refractivity contribution in [3.8, 4) is 5.75 Å². The number of nitrogens with zero attached hydrogens (tertiary/aromatic N) is 1. The van der Waals surface area contributed by atoms with Crippen LogP contribution in [0, 0.1) is 10.8 Å². The minimum absolute atomic E-state index is 0. The minimum atomic E-state index is -6.23. The number of carbonyl (C=O) groups is 2. The summed E-state index contributed by atoms with van der Waals surface area (Å²) in [5, 5.41) is 0. The fraction of sp³-hybridized carbons (Fsp3) is 0.778. The number of alkyl halides is 9. The van der Waals surface area contributed by atoms with Gasteiger partial charge in [-0.05, 0) is 70.1 Å². The Bertz CT molecular complexity index is 1650. The van der Waals surface area contributed by atoms with Crippen LogP contribution in [0.25, 0.3) is 4.13 Å². The van der Waals surface area contributed by atoms with Crippen LogP contribution < -0.4 is 56.1 Å². The summed E-state index contributed by atoms with van der Waals surface area (Å²) >= 11 is 0. The van der Waals surface area contributed by atoms with Gasteiger partial charge in [0.2, 0.25) is 10.3 Å². The first-order valence-corrected chi connectivity index (χ1v) is 21.0. The molecule has 0 heterocycles. The van der Waals surface area contributed by atoms with E-state index in [1.807, 2.05) is 12.1 Å². The molecule has 0 N–H and O–H groups in total. The SMILES string of the molecule is CCC(C)(C)C(=O)OCC(F)(F)CC(F)(F)C(F)F.CCC(C)(C)C(=O)OCCOS(=O)(=O)[N-]S(=O)(=O)C(F)(F)F.CCC(C)(C)c1ccc(OCCOCCOC)cc1.[K+]. The molecular weight excluding hydrogens is 913 g/mol. The molecule has 1 aromatic carbocycles. The van der Waals surface area contributed by atoms with Crippen LogP contribution >= 0.6 is 0 Å². The molecule has 0 radical (unpaired) electrons. The Labute approximate surface area is 395 Å². The molecule has 25 heteroatoms. The van der Waals surface area contributed by atoms with Crippen molar-refractivity contribution in [2.45, 2.75) is 117 Å². The number of ether oxygens (including phenoxy) is 5. The molecule has 0 aliphatic heterocycles. The quantitative estimate of drug-likeness (QED) is 0.0532. The summed E-state index contributed by atoms with van der Waals surface area (Å²) in [4.78, 5) is 22.8. The zero-order chi connectivity index (χ0) is 47.4. The summed E-state index contributed by atoms with van der Waals surface area (Å²) < 4.78 is 184. The van der Waals surface area contributed by atoms with Crippen molar-refractivity contribution < 1.29 is 145 Å². The first-order chi connectivity index (χ1) is 27.1. The molecular formula is C36H57F9KNO12S2. The van der Waals surface area contributed by atoms with Gasteiger partial charge in [0.25, 0.3) is 5.92 Å². The predicted molar refractivity (Wildman–Crippen MR) is 202 cm³/mol. The second kappa shape index (κ2) is 27.9. The molecule has 0 amide bonds. The molecule has 0 saturated heterocycles. The molecule has 1 rings (SSSR count). The summed E-state index contributed by atoms with van der Waals surface area (Å²) in [6, 6.07) is 8.35. The smallest absolute Gasteiger partial charge is 0.491 e. The Morgan fingerprint density at radius 3 is 1.59 bits per heavy atom. The number of benzene rings is 1. The van der Waals surface area contributed by atoms with Crippen molar-refractivity contribution in [1.82, 2.24) is 0 Å². The predicted octanol–water partition coefficient (Wildman–Crippen LogP) is 5.76. The van der Waals surface area contributed by atoms with Gasteiger partial charge < -0.3 is 27.8 Å². The first-order valence-electron chi connectivity index (χ1n) is 18.2. The maximum absolute atomic E-state index is 13.0. The van der Waals surface area contributed by atoms with Gasteiger partial charge in [0.1, 0.15) is 19.0 Å².